The van der Waals surface area contributed by atoms with Gasteiger partial charge in [0.15, 0.2) is 0 Å². The van der Waals surface area contributed by atoms with Crippen LogP contribution in [0.2, 0.25) is 0 Å². The molecule has 0 saturated carbocycles. The summed E-state index contributed by atoms with van der Waals surface area (Å²) in [6, 6.07) is 21.2. The van der Waals surface area contributed by atoms with Gasteiger partial charge >= 0.3 is 0 Å². The smallest absolute Gasteiger partial charge is 0.269 e. The minimum Gasteiger partial charge on any atom is -0.371 e. The maximum absolute atomic E-state index is 13.1. The number of piperidine rings is 1. The Kier molecular flexibility index (Phi) is 8.64. The third-order valence-corrected chi connectivity index (χ3v) is 11.1. The van der Waals surface area contributed by atoms with Gasteiger partial charge in [-0.3, -0.25) is 14.8 Å². The van der Waals surface area contributed by atoms with Gasteiger partial charge in [-0.2, -0.15) is 4.72 Å². The van der Waals surface area contributed by atoms with E-state index >= 15 is 0 Å². The van der Waals surface area contributed by atoms with Crippen LogP contribution in [0.25, 0.3) is 0 Å². The lowest BCUT2D eigenvalue weighted by molar-refractivity contribution is -0.131. The number of nitrogens with zero attached hydrogens (tertiary/aromatic N) is 2. The highest BCUT2D eigenvalue weighted by molar-refractivity contribution is 7.90. The van der Waals surface area contributed by atoms with E-state index in [1.807, 2.05) is 18.2 Å². The molecular formula is C29H32N4O7S2. The van der Waals surface area contributed by atoms with Gasteiger partial charge in [0.05, 0.1) is 10.5 Å². The second kappa shape index (κ2) is 12.2. The van der Waals surface area contributed by atoms with Gasteiger partial charge in [-0.25, -0.2) is 26.6 Å². The lowest BCUT2D eigenvalue weighted by atomic mass is 9.89. The van der Waals surface area contributed by atoms with E-state index in [9.17, 15) is 31.6 Å². The molecule has 1 atom stereocenters. The van der Waals surface area contributed by atoms with Crippen molar-refractivity contribution in [2.75, 3.05) is 24.5 Å². The molecule has 0 unspecified atom stereocenters. The van der Waals surface area contributed by atoms with Crippen LogP contribution in [0, 0.1) is 0 Å². The summed E-state index contributed by atoms with van der Waals surface area (Å²) in [4.78, 5) is 27.0. The average Bonchev–Trinajstić information content (AvgIpc) is 3.21. The summed E-state index contributed by atoms with van der Waals surface area (Å²) in [5.41, 5.74) is 3.73. The van der Waals surface area contributed by atoms with Crippen LogP contribution in [0.3, 0.4) is 0 Å². The topological polar surface area (TPSA) is 153 Å². The number of hydroxylamine groups is 1. The highest BCUT2D eigenvalue weighted by Crippen LogP contribution is 2.32. The van der Waals surface area contributed by atoms with Crippen LogP contribution in [-0.2, 0) is 24.8 Å². The third-order valence-electron chi connectivity index (χ3n) is 7.77. The number of nitrogens with one attached hydrogen (secondary N) is 2. The fraction of sp³-hybridized carbons (Fsp3) is 0.310. The number of amides is 2. The Labute approximate surface area is 245 Å². The van der Waals surface area contributed by atoms with Crippen LogP contribution >= 0.6 is 0 Å². The first-order valence-corrected chi connectivity index (χ1v) is 16.6. The molecule has 222 valence electrons. The van der Waals surface area contributed by atoms with Crippen molar-refractivity contribution in [2.45, 2.75) is 47.4 Å². The van der Waals surface area contributed by atoms with Gasteiger partial charge in [0.1, 0.15) is 10.9 Å². The molecule has 0 spiro atoms. The van der Waals surface area contributed by atoms with Gasteiger partial charge in [0.25, 0.3) is 21.8 Å². The van der Waals surface area contributed by atoms with Crippen molar-refractivity contribution in [1.82, 2.24) is 14.5 Å². The van der Waals surface area contributed by atoms with Gasteiger partial charge in [-0.05, 0) is 73.6 Å². The molecule has 3 aromatic rings. The van der Waals surface area contributed by atoms with Gasteiger partial charge in [-0.15, -0.1) is 0 Å². The number of sulfonamides is 2. The van der Waals surface area contributed by atoms with Crippen molar-refractivity contribution < 1.29 is 31.6 Å². The summed E-state index contributed by atoms with van der Waals surface area (Å²) in [7, 11) is -8.21. The Balaban J connectivity index is 1.20. The Morgan fingerprint density at radius 3 is 2.24 bits per heavy atom. The Morgan fingerprint density at radius 2 is 1.60 bits per heavy atom. The summed E-state index contributed by atoms with van der Waals surface area (Å²) >= 11 is 0. The number of hydrogen-bond acceptors (Lipinski definition) is 8. The van der Waals surface area contributed by atoms with Crippen LogP contribution in [0.15, 0.2) is 88.7 Å². The zero-order chi connectivity index (χ0) is 29.9. The van der Waals surface area contributed by atoms with E-state index in [2.05, 4.69) is 21.8 Å². The lowest BCUT2D eigenvalue weighted by Crippen LogP contribution is -2.46. The minimum absolute atomic E-state index is 0.0303. The Hall–Kier alpha value is -3.78. The molecule has 0 bridgehead atoms. The molecule has 2 aliphatic rings. The van der Waals surface area contributed by atoms with Crippen molar-refractivity contribution in [3.05, 3.63) is 90.0 Å². The highest BCUT2D eigenvalue weighted by Gasteiger charge is 2.40. The Bertz CT molecular complexity index is 1660. The number of anilines is 1. The molecule has 0 radical (unpaired) electrons. The number of carbonyl (C=O) groups is 2. The van der Waals surface area contributed by atoms with E-state index < -0.39 is 37.9 Å². The molecule has 42 heavy (non-hydrogen) atoms. The molecule has 13 heteroatoms. The zero-order valence-electron chi connectivity index (χ0n) is 22.7. The zero-order valence-corrected chi connectivity index (χ0v) is 24.4. The molecule has 0 aliphatic carbocycles. The van der Waals surface area contributed by atoms with Gasteiger partial charge in [-0.1, -0.05) is 42.5 Å². The van der Waals surface area contributed by atoms with E-state index in [1.54, 1.807) is 18.2 Å². The predicted molar refractivity (Wildman–Crippen MR) is 155 cm³/mol. The molecule has 5 rings (SSSR count). The van der Waals surface area contributed by atoms with E-state index in [-0.39, 0.29) is 34.7 Å². The van der Waals surface area contributed by atoms with Gasteiger partial charge < -0.3 is 4.90 Å². The number of fused-ring (bicyclic) bond motifs is 1. The second-order valence-corrected chi connectivity index (χ2v) is 13.9. The molecule has 1 fully saturated rings. The molecule has 2 aliphatic heterocycles. The SMILES string of the molecule is O=C(NO)[C@@H](CCCN1C(=O)c2ccccc2S1(=O)=O)NS(=O)(=O)c1ccc(N2CCC(c3ccccc3)CC2)cc1. The number of carbonyl (C=O) groups excluding carboxylic acids is 2. The lowest BCUT2D eigenvalue weighted by Gasteiger charge is -2.34. The Morgan fingerprint density at radius 1 is 0.952 bits per heavy atom. The quantitative estimate of drug-likeness (QED) is 0.233. The third kappa shape index (κ3) is 6.04. The van der Waals surface area contributed by atoms with Crippen LogP contribution < -0.4 is 15.1 Å². The summed E-state index contributed by atoms with van der Waals surface area (Å²) in [6.45, 7) is 1.41. The standard InChI is InChI=1S/C29H32N4O7S2/c34-28(30-36)26(10-6-18-33-29(35)25-9-4-5-11-27(25)42(33,39)40)31-41(37,38)24-14-12-23(13-15-24)32-19-16-22(17-20-32)21-7-2-1-3-8-21/h1-5,7-9,11-15,22,26,31,36H,6,10,16-20H2,(H,30,34)/t26-/m1/s1. The van der Waals surface area contributed by atoms with Crippen molar-refractivity contribution in [2.24, 2.45) is 0 Å². The van der Waals surface area contributed by atoms with Crippen molar-refractivity contribution in [3.63, 3.8) is 0 Å². The predicted octanol–water partition coefficient (Wildman–Crippen LogP) is 2.85. The summed E-state index contributed by atoms with van der Waals surface area (Å²) in [5, 5.41) is 9.20. The number of hydrogen-bond donors (Lipinski definition) is 3. The summed E-state index contributed by atoms with van der Waals surface area (Å²) < 4.78 is 54.8. The monoisotopic (exact) mass is 612 g/mol. The molecular weight excluding hydrogens is 580 g/mol. The van der Waals surface area contributed by atoms with Crippen molar-refractivity contribution >= 4 is 37.5 Å². The van der Waals surface area contributed by atoms with E-state index in [4.69, 9.17) is 0 Å². The average molecular weight is 613 g/mol. The molecule has 3 aromatic carbocycles. The van der Waals surface area contributed by atoms with Crippen LogP contribution in [0.5, 0.6) is 0 Å². The fourth-order valence-corrected chi connectivity index (χ4v) is 8.34. The minimum atomic E-state index is -4.17. The maximum atomic E-state index is 13.1. The number of benzene rings is 3. The highest BCUT2D eigenvalue weighted by atomic mass is 32.2. The van der Waals surface area contributed by atoms with Crippen molar-refractivity contribution in [1.29, 1.82) is 0 Å². The van der Waals surface area contributed by atoms with E-state index in [1.165, 1.54) is 41.4 Å². The van der Waals surface area contributed by atoms with Crippen LogP contribution in [0.4, 0.5) is 5.69 Å². The first kappa shape index (κ1) is 29.7. The molecule has 2 heterocycles. The fourth-order valence-electron chi connectivity index (χ4n) is 5.50. The molecule has 3 N–H and O–H groups in total. The van der Waals surface area contributed by atoms with Crippen LogP contribution in [-0.4, -0.2) is 63.8 Å². The molecule has 11 nitrogen and oxygen atoms in total. The van der Waals surface area contributed by atoms with Crippen molar-refractivity contribution in [3.8, 4) is 0 Å². The van der Waals surface area contributed by atoms with Gasteiger partial charge in [0, 0.05) is 25.3 Å². The van der Waals surface area contributed by atoms with Crippen LogP contribution in [0.1, 0.15) is 47.5 Å². The number of rotatable bonds is 10. The summed E-state index contributed by atoms with van der Waals surface area (Å²) in [6.07, 6.45) is 1.77. The summed E-state index contributed by atoms with van der Waals surface area (Å²) in [5.74, 6) is -1.20. The van der Waals surface area contributed by atoms with E-state index in [0.29, 0.717) is 10.2 Å². The maximum Gasteiger partial charge on any atom is 0.269 e. The first-order chi connectivity index (χ1) is 20.1. The van der Waals surface area contributed by atoms with Gasteiger partial charge in [0.2, 0.25) is 10.0 Å². The molecule has 2 amide bonds. The normalized spacial score (nSPS) is 17.6. The second-order valence-electron chi connectivity index (χ2n) is 10.3. The molecule has 1 saturated heterocycles. The molecule has 0 aromatic heterocycles. The first-order valence-electron chi connectivity index (χ1n) is 13.6. The largest absolute Gasteiger partial charge is 0.371 e. The van der Waals surface area contributed by atoms with E-state index in [0.717, 1.165) is 31.6 Å².